The van der Waals surface area contributed by atoms with Gasteiger partial charge in [-0.05, 0) is 18.2 Å². The number of amides is 1. The summed E-state index contributed by atoms with van der Waals surface area (Å²) in [6, 6.07) is 4.80. The fourth-order valence-corrected chi connectivity index (χ4v) is 1.51. The molecule has 4 N–H and O–H groups in total. The average molecular weight is 278 g/mol. The molecule has 0 bridgehead atoms. The Kier molecular flexibility index (Phi) is 3.65. The Morgan fingerprint density at radius 1 is 1.40 bits per heavy atom. The number of aromatic amines is 1. The number of rotatable bonds is 3. The van der Waals surface area contributed by atoms with E-state index in [0.29, 0.717) is 0 Å². The lowest BCUT2D eigenvalue weighted by Gasteiger charge is -2.07. The van der Waals surface area contributed by atoms with Crippen molar-refractivity contribution in [2.75, 3.05) is 18.2 Å². The summed E-state index contributed by atoms with van der Waals surface area (Å²) < 4.78 is 18.1. The molecule has 1 heterocycles. The number of aromatic nitrogens is 2. The van der Waals surface area contributed by atoms with Crippen molar-refractivity contribution in [3.63, 3.8) is 0 Å². The molecule has 0 unspecified atom stereocenters. The predicted octanol–water partition coefficient (Wildman–Crippen LogP) is 1.17. The third-order valence-corrected chi connectivity index (χ3v) is 2.48. The van der Waals surface area contributed by atoms with Crippen LogP contribution in [0.2, 0.25) is 0 Å². The molecule has 0 aliphatic rings. The zero-order chi connectivity index (χ0) is 14.7. The smallest absolute Gasteiger partial charge is 0.337 e. The number of H-pyrrole nitrogens is 1. The largest absolute Gasteiger partial charge is 0.465 e. The Balaban J connectivity index is 2.24. The Morgan fingerprint density at radius 3 is 2.75 bits per heavy atom. The van der Waals surface area contributed by atoms with E-state index in [1.807, 2.05) is 0 Å². The average Bonchev–Trinajstić information content (AvgIpc) is 2.87. The molecule has 2 rings (SSSR count). The maximum Gasteiger partial charge on any atom is 0.337 e. The normalized spacial score (nSPS) is 10.1. The molecule has 1 aromatic heterocycles. The molecule has 0 saturated carbocycles. The highest BCUT2D eigenvalue weighted by Crippen LogP contribution is 2.18. The van der Waals surface area contributed by atoms with Crippen molar-refractivity contribution in [3.8, 4) is 0 Å². The van der Waals surface area contributed by atoms with Crippen molar-refractivity contribution < 1.29 is 18.7 Å². The molecule has 20 heavy (non-hydrogen) atoms. The molecule has 0 aliphatic heterocycles. The summed E-state index contributed by atoms with van der Waals surface area (Å²) in [6.45, 7) is 0. The molecule has 0 radical (unpaired) electrons. The van der Waals surface area contributed by atoms with Crippen LogP contribution < -0.4 is 11.1 Å². The first-order valence-corrected chi connectivity index (χ1v) is 5.51. The number of hydrogen-bond acceptors (Lipinski definition) is 5. The number of hydrogen-bond donors (Lipinski definition) is 3. The summed E-state index contributed by atoms with van der Waals surface area (Å²) in [6.07, 6.45) is 0. The van der Waals surface area contributed by atoms with E-state index in [0.717, 1.165) is 6.07 Å². The van der Waals surface area contributed by atoms with Gasteiger partial charge in [-0.3, -0.25) is 9.89 Å². The molecule has 0 fully saturated rings. The van der Waals surface area contributed by atoms with Crippen LogP contribution in [0.5, 0.6) is 0 Å². The monoisotopic (exact) mass is 278 g/mol. The topological polar surface area (TPSA) is 110 Å². The van der Waals surface area contributed by atoms with E-state index in [9.17, 15) is 14.0 Å². The molecule has 0 aliphatic carbocycles. The van der Waals surface area contributed by atoms with Crippen LogP contribution >= 0.6 is 0 Å². The van der Waals surface area contributed by atoms with Gasteiger partial charge in [-0.15, -0.1) is 0 Å². The molecule has 2 aromatic rings. The predicted molar refractivity (Wildman–Crippen MR) is 68.7 cm³/mol. The Bertz CT molecular complexity index is 668. The van der Waals surface area contributed by atoms with Gasteiger partial charge < -0.3 is 15.8 Å². The highest BCUT2D eigenvalue weighted by molar-refractivity contribution is 6.04. The lowest BCUT2D eigenvalue weighted by molar-refractivity contribution is 0.0600. The zero-order valence-corrected chi connectivity index (χ0v) is 10.4. The fraction of sp³-hybridized carbons (Fsp3) is 0.0833. The minimum absolute atomic E-state index is 0.0744. The van der Waals surface area contributed by atoms with Gasteiger partial charge in [0, 0.05) is 6.07 Å². The van der Waals surface area contributed by atoms with Crippen molar-refractivity contribution in [2.24, 2.45) is 0 Å². The van der Waals surface area contributed by atoms with Crippen LogP contribution in [0.3, 0.4) is 0 Å². The van der Waals surface area contributed by atoms with Crippen molar-refractivity contribution in [1.29, 1.82) is 0 Å². The third kappa shape index (κ3) is 2.74. The number of carbonyl (C=O) groups is 2. The number of nitrogens with two attached hydrogens (primary N) is 1. The maximum atomic E-state index is 13.6. The zero-order valence-electron chi connectivity index (χ0n) is 10.4. The molecule has 0 spiro atoms. The maximum absolute atomic E-state index is 13.6. The van der Waals surface area contributed by atoms with Gasteiger partial charge in [-0.1, -0.05) is 0 Å². The number of halogens is 1. The van der Waals surface area contributed by atoms with Gasteiger partial charge in [0.15, 0.2) is 0 Å². The number of carbonyl (C=O) groups excluding carboxylic acids is 2. The van der Waals surface area contributed by atoms with Crippen LogP contribution in [-0.2, 0) is 4.74 Å². The number of nitrogens with one attached hydrogen (secondary N) is 2. The second-order valence-corrected chi connectivity index (χ2v) is 3.85. The molecular weight excluding hydrogens is 267 g/mol. The summed E-state index contributed by atoms with van der Waals surface area (Å²) in [5, 5.41) is 8.29. The Morgan fingerprint density at radius 2 is 2.15 bits per heavy atom. The molecule has 8 heteroatoms. The molecule has 1 amide bonds. The summed E-state index contributed by atoms with van der Waals surface area (Å²) in [5.74, 6) is -1.81. The van der Waals surface area contributed by atoms with Crippen molar-refractivity contribution in [3.05, 3.63) is 41.3 Å². The number of ether oxygens (including phenoxy) is 1. The minimum atomic E-state index is -0.682. The standard InChI is InChI=1S/C12H11FN4O3/c1-20-12(19)6-2-3-7(13)8(4-6)15-11(18)9-5-10(14)17-16-9/h2-5H,1H3,(H,15,18)(H3,14,16,17). The van der Waals surface area contributed by atoms with Crippen LogP contribution in [-0.4, -0.2) is 29.2 Å². The third-order valence-electron chi connectivity index (χ3n) is 2.48. The lowest BCUT2D eigenvalue weighted by Crippen LogP contribution is -2.14. The van der Waals surface area contributed by atoms with Gasteiger partial charge in [0.05, 0.1) is 18.4 Å². The van der Waals surface area contributed by atoms with Crippen molar-refractivity contribution in [2.45, 2.75) is 0 Å². The highest BCUT2D eigenvalue weighted by Gasteiger charge is 2.14. The second-order valence-electron chi connectivity index (χ2n) is 3.85. The van der Waals surface area contributed by atoms with Crippen LogP contribution in [0.4, 0.5) is 15.9 Å². The van der Waals surface area contributed by atoms with E-state index in [1.165, 1.54) is 25.3 Å². The van der Waals surface area contributed by atoms with Crippen molar-refractivity contribution in [1.82, 2.24) is 10.2 Å². The molecular formula is C12H11FN4O3. The first-order chi connectivity index (χ1) is 9.51. The number of esters is 1. The van der Waals surface area contributed by atoms with Gasteiger partial charge >= 0.3 is 5.97 Å². The van der Waals surface area contributed by atoms with Gasteiger partial charge in [0.1, 0.15) is 17.3 Å². The SMILES string of the molecule is COC(=O)c1ccc(F)c(NC(=O)c2cc(N)n[nH]2)c1. The van der Waals surface area contributed by atoms with Crippen LogP contribution in [0.25, 0.3) is 0 Å². The molecule has 0 saturated heterocycles. The number of anilines is 2. The van der Waals surface area contributed by atoms with Crippen LogP contribution in [0.15, 0.2) is 24.3 Å². The summed E-state index contributed by atoms with van der Waals surface area (Å²) in [5.41, 5.74) is 5.41. The van der Waals surface area contributed by atoms with Gasteiger partial charge in [-0.2, -0.15) is 5.10 Å². The summed E-state index contributed by atoms with van der Waals surface area (Å²) in [4.78, 5) is 23.2. The molecule has 7 nitrogen and oxygen atoms in total. The van der Waals surface area contributed by atoms with E-state index in [-0.39, 0.29) is 22.8 Å². The number of nitrogen functional groups attached to an aromatic ring is 1. The van der Waals surface area contributed by atoms with Gasteiger partial charge in [-0.25, -0.2) is 9.18 Å². The fourth-order valence-electron chi connectivity index (χ4n) is 1.51. The summed E-state index contributed by atoms with van der Waals surface area (Å²) >= 11 is 0. The quantitative estimate of drug-likeness (QED) is 0.730. The number of methoxy groups -OCH3 is 1. The first kappa shape index (κ1) is 13.5. The Hall–Kier alpha value is -2.90. The van der Waals surface area contributed by atoms with E-state index in [4.69, 9.17) is 5.73 Å². The lowest BCUT2D eigenvalue weighted by atomic mass is 10.2. The summed E-state index contributed by atoms with van der Waals surface area (Å²) in [7, 11) is 1.21. The first-order valence-electron chi connectivity index (χ1n) is 5.51. The second kappa shape index (κ2) is 5.39. The molecule has 0 atom stereocenters. The van der Waals surface area contributed by atoms with Gasteiger partial charge in [0.2, 0.25) is 0 Å². The van der Waals surface area contributed by atoms with E-state index in [2.05, 4.69) is 20.3 Å². The number of benzene rings is 1. The number of nitrogens with zero attached hydrogens (tertiary/aromatic N) is 1. The Labute approximate surface area is 112 Å². The molecule has 104 valence electrons. The minimum Gasteiger partial charge on any atom is -0.465 e. The van der Waals surface area contributed by atoms with Gasteiger partial charge in [0.25, 0.3) is 5.91 Å². The van der Waals surface area contributed by atoms with E-state index >= 15 is 0 Å². The van der Waals surface area contributed by atoms with Crippen LogP contribution in [0.1, 0.15) is 20.8 Å². The highest BCUT2D eigenvalue weighted by atomic mass is 19.1. The van der Waals surface area contributed by atoms with E-state index < -0.39 is 17.7 Å². The van der Waals surface area contributed by atoms with E-state index in [1.54, 1.807) is 0 Å². The molecule has 1 aromatic carbocycles. The van der Waals surface area contributed by atoms with Crippen LogP contribution in [0, 0.1) is 5.82 Å². The van der Waals surface area contributed by atoms with Crippen molar-refractivity contribution >= 4 is 23.4 Å².